The molecule has 1 fully saturated rings. The zero-order valence-electron chi connectivity index (χ0n) is 18.2. The molecule has 32 heavy (non-hydrogen) atoms. The number of nitro groups is 1. The second-order valence-corrected chi connectivity index (χ2v) is 7.52. The number of likely N-dealkylation sites (tertiary alicyclic amines) is 1. The van der Waals surface area contributed by atoms with Crippen LogP contribution in [0.3, 0.4) is 0 Å². The monoisotopic (exact) mass is 557 g/mol. The number of non-ortho nitro benzene ring substituents is 1. The first kappa shape index (κ1) is 25.8. The Hall–Kier alpha value is -2.47. The number of guanidine groups is 1. The highest BCUT2D eigenvalue weighted by molar-refractivity contribution is 14.0. The Morgan fingerprint density at radius 3 is 2.62 bits per heavy atom. The van der Waals surface area contributed by atoms with Crippen molar-refractivity contribution in [3.63, 3.8) is 0 Å². The Labute approximate surface area is 204 Å². The van der Waals surface area contributed by atoms with Gasteiger partial charge in [0.15, 0.2) is 17.5 Å². The number of hydrogen-bond acceptors (Lipinski definition) is 5. The summed E-state index contributed by atoms with van der Waals surface area (Å²) in [5.74, 6) is 0.591. The van der Waals surface area contributed by atoms with E-state index in [4.69, 9.17) is 4.74 Å². The van der Waals surface area contributed by atoms with Crippen LogP contribution in [0.25, 0.3) is 0 Å². The molecule has 0 atom stereocenters. The normalized spacial score (nSPS) is 15.0. The molecule has 1 aliphatic rings. The van der Waals surface area contributed by atoms with Crippen molar-refractivity contribution in [2.75, 3.05) is 27.2 Å². The van der Waals surface area contributed by atoms with E-state index < -0.39 is 4.92 Å². The highest BCUT2D eigenvalue weighted by Crippen LogP contribution is 2.20. The molecular weight excluding hydrogens is 528 g/mol. The summed E-state index contributed by atoms with van der Waals surface area (Å²) in [5, 5.41) is 17.6. The van der Waals surface area contributed by atoms with E-state index in [1.807, 2.05) is 12.1 Å². The summed E-state index contributed by atoms with van der Waals surface area (Å²) < 4.78 is 18.9. The smallest absolute Gasteiger partial charge is 0.269 e. The summed E-state index contributed by atoms with van der Waals surface area (Å²) in [6.45, 7) is 2.94. The summed E-state index contributed by atoms with van der Waals surface area (Å²) in [7, 11) is 3.17. The number of benzene rings is 2. The molecule has 3 rings (SSSR count). The van der Waals surface area contributed by atoms with Gasteiger partial charge in [0.05, 0.1) is 12.0 Å². The number of rotatable bonds is 7. The van der Waals surface area contributed by atoms with E-state index in [9.17, 15) is 14.5 Å². The van der Waals surface area contributed by atoms with Crippen molar-refractivity contribution >= 4 is 35.6 Å². The largest absolute Gasteiger partial charge is 0.494 e. The van der Waals surface area contributed by atoms with Gasteiger partial charge in [0, 0.05) is 51.4 Å². The first-order valence-electron chi connectivity index (χ1n) is 10.2. The molecule has 2 aromatic rings. The maximum absolute atomic E-state index is 13.9. The molecule has 0 unspecified atom stereocenters. The molecule has 174 valence electrons. The number of ether oxygens (including phenoxy) is 1. The molecule has 0 aliphatic carbocycles. The van der Waals surface area contributed by atoms with E-state index in [0.29, 0.717) is 19.0 Å². The number of nitrogens with one attached hydrogen (secondary N) is 2. The average Bonchev–Trinajstić information content (AvgIpc) is 2.78. The van der Waals surface area contributed by atoms with Crippen LogP contribution < -0.4 is 15.4 Å². The zero-order valence-corrected chi connectivity index (χ0v) is 20.5. The first-order valence-corrected chi connectivity index (χ1v) is 10.2. The summed E-state index contributed by atoms with van der Waals surface area (Å²) in [5.41, 5.74) is 1.82. The van der Waals surface area contributed by atoms with Gasteiger partial charge < -0.3 is 15.4 Å². The third-order valence-electron chi connectivity index (χ3n) is 5.36. The molecule has 1 aliphatic heterocycles. The third kappa shape index (κ3) is 7.30. The van der Waals surface area contributed by atoms with Crippen LogP contribution in [0.2, 0.25) is 0 Å². The van der Waals surface area contributed by atoms with Crippen molar-refractivity contribution in [3.05, 3.63) is 69.5 Å². The fourth-order valence-electron chi connectivity index (χ4n) is 3.66. The molecule has 0 spiro atoms. The molecule has 1 heterocycles. The van der Waals surface area contributed by atoms with Gasteiger partial charge in [0.25, 0.3) is 5.69 Å². The molecule has 8 nitrogen and oxygen atoms in total. The Morgan fingerprint density at radius 2 is 2.00 bits per heavy atom. The van der Waals surface area contributed by atoms with E-state index in [1.165, 1.54) is 19.2 Å². The van der Waals surface area contributed by atoms with Crippen molar-refractivity contribution in [1.82, 2.24) is 15.5 Å². The van der Waals surface area contributed by atoms with Crippen LogP contribution in [0.1, 0.15) is 24.0 Å². The van der Waals surface area contributed by atoms with E-state index >= 15 is 0 Å². The lowest BCUT2D eigenvalue weighted by Gasteiger charge is -2.33. The SMILES string of the molecule is CN=C(NCc1cccc([N+](=O)[O-])c1)NC1CCN(Cc2ccc(OC)c(F)c2)CC1.I. The average molecular weight is 557 g/mol. The van der Waals surface area contributed by atoms with Gasteiger partial charge in [-0.2, -0.15) is 0 Å². The lowest BCUT2D eigenvalue weighted by Crippen LogP contribution is -2.48. The predicted molar refractivity (Wildman–Crippen MR) is 133 cm³/mol. The Kier molecular flexibility index (Phi) is 10.1. The van der Waals surface area contributed by atoms with E-state index in [2.05, 4.69) is 20.5 Å². The van der Waals surface area contributed by atoms with Gasteiger partial charge in [-0.25, -0.2) is 4.39 Å². The standard InChI is InChI=1S/C22H28FN5O3.HI/c1-24-22(25-14-16-4-3-5-19(12-16)28(29)30)26-18-8-10-27(11-9-18)15-17-6-7-21(31-2)20(23)13-17;/h3-7,12-13,18H,8-11,14-15H2,1-2H3,(H2,24,25,26);1H. The summed E-state index contributed by atoms with van der Waals surface area (Å²) >= 11 is 0. The van der Waals surface area contributed by atoms with Crippen molar-refractivity contribution in [2.24, 2.45) is 4.99 Å². The maximum atomic E-state index is 13.9. The van der Waals surface area contributed by atoms with Crippen molar-refractivity contribution in [3.8, 4) is 5.75 Å². The molecule has 10 heteroatoms. The van der Waals surface area contributed by atoms with Gasteiger partial charge >= 0.3 is 0 Å². The van der Waals surface area contributed by atoms with E-state index in [1.54, 1.807) is 25.2 Å². The van der Waals surface area contributed by atoms with Gasteiger partial charge in [-0.05, 0) is 36.1 Å². The molecule has 0 amide bonds. The minimum atomic E-state index is -0.398. The summed E-state index contributed by atoms with van der Waals surface area (Å²) in [6.07, 6.45) is 1.88. The van der Waals surface area contributed by atoms with Crippen LogP contribution in [0, 0.1) is 15.9 Å². The Bertz CT molecular complexity index is 936. The molecule has 0 bridgehead atoms. The van der Waals surface area contributed by atoms with E-state index in [-0.39, 0.29) is 47.3 Å². The molecule has 0 radical (unpaired) electrons. The van der Waals surface area contributed by atoms with Crippen LogP contribution >= 0.6 is 24.0 Å². The lowest BCUT2D eigenvalue weighted by molar-refractivity contribution is -0.384. The van der Waals surface area contributed by atoms with Crippen molar-refractivity contribution in [1.29, 1.82) is 0 Å². The second kappa shape index (κ2) is 12.5. The molecular formula is C22H29FIN5O3. The maximum Gasteiger partial charge on any atom is 0.269 e. The van der Waals surface area contributed by atoms with Gasteiger partial charge in [-0.3, -0.25) is 20.0 Å². The second-order valence-electron chi connectivity index (χ2n) is 7.52. The quantitative estimate of drug-likeness (QED) is 0.178. The lowest BCUT2D eigenvalue weighted by atomic mass is 10.0. The van der Waals surface area contributed by atoms with E-state index in [0.717, 1.165) is 37.1 Å². The highest BCUT2D eigenvalue weighted by atomic mass is 127. The highest BCUT2D eigenvalue weighted by Gasteiger charge is 2.20. The minimum Gasteiger partial charge on any atom is -0.494 e. The molecule has 1 saturated heterocycles. The molecule has 0 aromatic heterocycles. The summed E-state index contributed by atoms with van der Waals surface area (Å²) in [6, 6.07) is 11.9. The summed E-state index contributed by atoms with van der Waals surface area (Å²) in [4.78, 5) is 17.1. The molecule has 2 N–H and O–H groups in total. The fourth-order valence-corrected chi connectivity index (χ4v) is 3.66. The third-order valence-corrected chi connectivity index (χ3v) is 5.36. The molecule has 0 saturated carbocycles. The van der Waals surface area contributed by atoms with Gasteiger partial charge in [-0.1, -0.05) is 18.2 Å². The number of hydrogen-bond donors (Lipinski definition) is 2. The van der Waals surface area contributed by atoms with Gasteiger partial charge in [0.1, 0.15) is 0 Å². The first-order chi connectivity index (χ1) is 15.0. The number of nitro benzene ring substituents is 1. The molecule has 2 aromatic carbocycles. The van der Waals surface area contributed by atoms with Gasteiger partial charge in [0.2, 0.25) is 0 Å². The van der Waals surface area contributed by atoms with Crippen LogP contribution in [0.15, 0.2) is 47.5 Å². The number of aliphatic imine (C=N–C) groups is 1. The fraction of sp³-hybridized carbons (Fsp3) is 0.409. The number of piperidine rings is 1. The van der Waals surface area contributed by atoms with Crippen molar-refractivity contribution < 1.29 is 14.1 Å². The minimum absolute atomic E-state index is 0. The Morgan fingerprint density at radius 1 is 1.25 bits per heavy atom. The van der Waals surface area contributed by atoms with Crippen molar-refractivity contribution in [2.45, 2.75) is 32.0 Å². The zero-order chi connectivity index (χ0) is 22.2. The van der Waals surface area contributed by atoms with Crippen LogP contribution in [-0.4, -0.2) is 49.1 Å². The number of halogens is 2. The van der Waals surface area contributed by atoms with Crippen LogP contribution in [0.4, 0.5) is 10.1 Å². The number of methoxy groups -OCH3 is 1. The number of nitrogens with zero attached hydrogens (tertiary/aromatic N) is 3. The van der Waals surface area contributed by atoms with Crippen LogP contribution in [-0.2, 0) is 13.1 Å². The van der Waals surface area contributed by atoms with Crippen LogP contribution in [0.5, 0.6) is 5.75 Å². The topological polar surface area (TPSA) is 92.0 Å². The predicted octanol–water partition coefficient (Wildman–Crippen LogP) is 3.69. The Balaban J connectivity index is 0.00000363. The van der Waals surface area contributed by atoms with Gasteiger partial charge in [-0.15, -0.1) is 24.0 Å².